The van der Waals surface area contributed by atoms with Crippen molar-refractivity contribution in [3.63, 3.8) is 0 Å². The number of nitrogens with zero attached hydrogens (tertiary/aromatic N) is 1. The molecule has 9 heteroatoms. The molecule has 0 saturated heterocycles. The number of nitrogens with one attached hydrogen (secondary N) is 1. The number of aromatic nitrogens is 1. The normalized spacial score (nSPS) is 11.2. The lowest BCUT2D eigenvalue weighted by atomic mass is 10.2. The molecule has 1 heterocycles. The fourth-order valence-electron chi connectivity index (χ4n) is 2.76. The molecule has 154 valence electrons. The van der Waals surface area contributed by atoms with Gasteiger partial charge >= 0.3 is 0 Å². The van der Waals surface area contributed by atoms with Gasteiger partial charge in [-0.3, -0.25) is 4.72 Å². The Morgan fingerprint density at radius 3 is 2.38 bits per heavy atom. The van der Waals surface area contributed by atoms with Gasteiger partial charge in [0.2, 0.25) is 0 Å². The highest BCUT2D eigenvalue weighted by atomic mass is 32.2. The highest BCUT2D eigenvalue weighted by Crippen LogP contribution is 2.34. The molecule has 0 saturated carbocycles. The van der Waals surface area contributed by atoms with Crippen molar-refractivity contribution < 1.29 is 22.6 Å². The van der Waals surface area contributed by atoms with E-state index in [-0.39, 0.29) is 10.6 Å². The summed E-state index contributed by atoms with van der Waals surface area (Å²) in [4.78, 5) is 4.48. The molecule has 2 aromatic carbocycles. The van der Waals surface area contributed by atoms with Crippen molar-refractivity contribution in [2.24, 2.45) is 0 Å². The third kappa shape index (κ3) is 4.63. The fraction of sp³-hybridized carbons (Fsp3) is 0.250. The minimum absolute atomic E-state index is 0.0392. The molecular weight excluding hydrogens is 412 g/mol. The van der Waals surface area contributed by atoms with Gasteiger partial charge < -0.3 is 14.2 Å². The molecule has 0 bridgehead atoms. The number of benzene rings is 2. The number of hydrogen-bond acceptors (Lipinski definition) is 7. The first-order valence-electron chi connectivity index (χ1n) is 8.82. The molecule has 29 heavy (non-hydrogen) atoms. The first kappa shape index (κ1) is 20.9. The number of hydrogen-bond donors (Lipinski definition) is 1. The van der Waals surface area contributed by atoms with Crippen LogP contribution in [0.3, 0.4) is 0 Å². The molecule has 0 aliphatic rings. The minimum Gasteiger partial charge on any atom is -0.493 e. The molecule has 3 aromatic rings. The summed E-state index contributed by atoms with van der Waals surface area (Å²) >= 11 is 1.50. The van der Waals surface area contributed by atoms with Gasteiger partial charge in [-0.25, -0.2) is 13.4 Å². The predicted molar refractivity (Wildman–Crippen MR) is 114 cm³/mol. The number of thiazole rings is 1. The maximum atomic E-state index is 13.2. The lowest BCUT2D eigenvalue weighted by Gasteiger charge is -2.15. The van der Waals surface area contributed by atoms with E-state index in [1.54, 1.807) is 43.3 Å². The zero-order chi connectivity index (χ0) is 21.0. The Morgan fingerprint density at radius 2 is 1.76 bits per heavy atom. The molecule has 0 aliphatic carbocycles. The van der Waals surface area contributed by atoms with Gasteiger partial charge in [0.15, 0.2) is 11.5 Å². The number of rotatable bonds is 8. The van der Waals surface area contributed by atoms with E-state index in [0.29, 0.717) is 29.4 Å². The van der Waals surface area contributed by atoms with E-state index in [4.69, 9.17) is 14.2 Å². The lowest BCUT2D eigenvalue weighted by Crippen LogP contribution is -2.15. The molecule has 7 nitrogen and oxygen atoms in total. The van der Waals surface area contributed by atoms with Gasteiger partial charge in [0.1, 0.15) is 10.6 Å². The van der Waals surface area contributed by atoms with Crippen molar-refractivity contribution >= 4 is 27.0 Å². The Hall–Kier alpha value is -2.78. The van der Waals surface area contributed by atoms with Crippen LogP contribution in [-0.4, -0.2) is 34.2 Å². The molecule has 0 unspecified atom stereocenters. The van der Waals surface area contributed by atoms with Crippen LogP contribution < -0.4 is 18.9 Å². The SMILES string of the molecule is CCOc1ccc(-c2csc(C)n2)cc1S(=O)(=O)Nc1ccc(OC)c(OC)c1. The van der Waals surface area contributed by atoms with Crippen LogP contribution in [0.4, 0.5) is 5.69 Å². The van der Waals surface area contributed by atoms with Crippen LogP contribution in [0.25, 0.3) is 11.3 Å². The third-order valence-corrected chi connectivity index (χ3v) is 6.26. The van der Waals surface area contributed by atoms with Gasteiger partial charge in [0.05, 0.1) is 37.2 Å². The van der Waals surface area contributed by atoms with Crippen LogP contribution in [-0.2, 0) is 10.0 Å². The van der Waals surface area contributed by atoms with Crippen LogP contribution in [0.2, 0.25) is 0 Å². The summed E-state index contributed by atoms with van der Waals surface area (Å²) in [7, 11) is -0.926. The first-order valence-corrected chi connectivity index (χ1v) is 11.2. The predicted octanol–water partition coefficient (Wildman–Crippen LogP) is 4.34. The fourth-order valence-corrected chi connectivity index (χ4v) is 4.60. The molecule has 0 spiro atoms. The van der Waals surface area contributed by atoms with E-state index in [2.05, 4.69) is 9.71 Å². The van der Waals surface area contributed by atoms with E-state index in [0.717, 1.165) is 10.7 Å². The molecule has 0 amide bonds. The molecule has 0 aliphatic heterocycles. The Kier molecular flexibility index (Phi) is 6.29. The number of sulfonamides is 1. The second-order valence-electron chi connectivity index (χ2n) is 6.02. The average Bonchev–Trinajstić information content (AvgIpc) is 3.14. The number of anilines is 1. The van der Waals surface area contributed by atoms with Crippen LogP contribution in [0.1, 0.15) is 11.9 Å². The summed E-state index contributed by atoms with van der Waals surface area (Å²) in [6, 6.07) is 9.82. The average molecular weight is 435 g/mol. The highest BCUT2D eigenvalue weighted by Gasteiger charge is 2.22. The maximum Gasteiger partial charge on any atom is 0.265 e. The molecule has 0 radical (unpaired) electrons. The quantitative estimate of drug-likeness (QED) is 0.568. The Labute approximate surface area is 174 Å². The van der Waals surface area contributed by atoms with Crippen molar-refractivity contribution in [2.45, 2.75) is 18.7 Å². The maximum absolute atomic E-state index is 13.2. The Bertz CT molecular complexity index is 1110. The zero-order valence-electron chi connectivity index (χ0n) is 16.6. The van der Waals surface area contributed by atoms with Gasteiger partial charge in [0, 0.05) is 17.0 Å². The second-order valence-corrected chi connectivity index (χ2v) is 8.73. The number of aryl methyl sites for hydroxylation is 1. The smallest absolute Gasteiger partial charge is 0.265 e. The van der Waals surface area contributed by atoms with E-state index in [9.17, 15) is 8.42 Å². The van der Waals surface area contributed by atoms with Crippen LogP contribution in [0.15, 0.2) is 46.7 Å². The zero-order valence-corrected chi connectivity index (χ0v) is 18.2. The Morgan fingerprint density at radius 1 is 1.03 bits per heavy atom. The van der Waals surface area contributed by atoms with E-state index in [1.165, 1.54) is 25.6 Å². The van der Waals surface area contributed by atoms with Crippen molar-refractivity contribution in [2.75, 3.05) is 25.5 Å². The van der Waals surface area contributed by atoms with Crippen molar-refractivity contribution in [3.05, 3.63) is 46.8 Å². The molecule has 1 aromatic heterocycles. The van der Waals surface area contributed by atoms with Gasteiger partial charge in [-0.1, -0.05) is 0 Å². The van der Waals surface area contributed by atoms with Gasteiger partial charge in [0.25, 0.3) is 10.0 Å². The standard InChI is InChI=1S/C20H22N2O5S2/c1-5-27-18-8-6-14(16-12-28-13(2)21-16)10-20(18)29(23,24)22-15-7-9-17(25-3)19(11-15)26-4/h6-12,22H,5H2,1-4H3. The topological polar surface area (TPSA) is 86.8 Å². The van der Waals surface area contributed by atoms with Crippen molar-refractivity contribution in [3.8, 4) is 28.5 Å². The molecule has 0 atom stereocenters. The van der Waals surface area contributed by atoms with Crippen molar-refractivity contribution in [1.82, 2.24) is 4.98 Å². The third-order valence-electron chi connectivity index (χ3n) is 4.08. The minimum atomic E-state index is -3.93. The Balaban J connectivity index is 2.02. The largest absolute Gasteiger partial charge is 0.493 e. The summed E-state index contributed by atoms with van der Waals surface area (Å²) < 4.78 is 44.9. The van der Waals surface area contributed by atoms with Gasteiger partial charge in [-0.2, -0.15) is 0 Å². The first-order chi connectivity index (χ1) is 13.9. The summed E-state index contributed by atoms with van der Waals surface area (Å²) in [5.41, 5.74) is 1.77. The summed E-state index contributed by atoms with van der Waals surface area (Å²) in [6.07, 6.45) is 0. The van der Waals surface area contributed by atoms with Crippen LogP contribution in [0, 0.1) is 6.92 Å². The van der Waals surface area contributed by atoms with Crippen LogP contribution in [0.5, 0.6) is 17.2 Å². The van der Waals surface area contributed by atoms with Crippen molar-refractivity contribution in [1.29, 1.82) is 0 Å². The number of ether oxygens (including phenoxy) is 3. The van der Waals surface area contributed by atoms with E-state index < -0.39 is 10.0 Å². The number of methoxy groups -OCH3 is 2. The van der Waals surface area contributed by atoms with E-state index in [1.807, 2.05) is 12.3 Å². The molecular formula is C20H22N2O5S2. The molecule has 3 rings (SSSR count). The van der Waals surface area contributed by atoms with Gasteiger partial charge in [-0.15, -0.1) is 11.3 Å². The summed E-state index contributed by atoms with van der Waals surface area (Å²) in [5, 5.41) is 2.80. The summed E-state index contributed by atoms with van der Waals surface area (Å²) in [5.74, 6) is 1.20. The molecule has 0 fully saturated rings. The lowest BCUT2D eigenvalue weighted by molar-refractivity contribution is 0.331. The monoisotopic (exact) mass is 434 g/mol. The second kappa shape index (κ2) is 8.71. The van der Waals surface area contributed by atoms with E-state index >= 15 is 0 Å². The highest BCUT2D eigenvalue weighted by molar-refractivity contribution is 7.92. The summed E-state index contributed by atoms with van der Waals surface area (Å²) in [6.45, 7) is 4.04. The van der Waals surface area contributed by atoms with Gasteiger partial charge in [-0.05, 0) is 44.2 Å². The molecule has 1 N–H and O–H groups in total. The van der Waals surface area contributed by atoms with Crippen LogP contribution >= 0.6 is 11.3 Å².